The van der Waals surface area contributed by atoms with Crippen LogP contribution in [-0.4, -0.2) is 28.3 Å². The maximum absolute atomic E-state index is 12.7. The van der Waals surface area contributed by atoms with Gasteiger partial charge in [0.25, 0.3) is 0 Å². The molecule has 2 bridgehead atoms. The summed E-state index contributed by atoms with van der Waals surface area (Å²) in [5, 5.41) is 0.920. The van der Waals surface area contributed by atoms with Gasteiger partial charge in [-0.05, 0) is 83.9 Å². The van der Waals surface area contributed by atoms with E-state index in [0.29, 0.717) is 23.4 Å². The van der Waals surface area contributed by atoms with E-state index in [2.05, 4.69) is 121 Å². The van der Waals surface area contributed by atoms with Gasteiger partial charge in [-0.25, -0.2) is 15.0 Å². The second-order valence-electron chi connectivity index (χ2n) is 15.2. The molecule has 7 aromatic rings. The molecule has 0 N–H and O–H groups in total. The molecule has 0 amide bonds. The molecule has 0 aliphatic heterocycles. The van der Waals surface area contributed by atoms with Crippen molar-refractivity contribution < 1.29 is 4.57 Å². The van der Waals surface area contributed by atoms with Crippen LogP contribution < -0.4 is 5.30 Å². The van der Waals surface area contributed by atoms with Crippen molar-refractivity contribution in [3.63, 3.8) is 0 Å². The van der Waals surface area contributed by atoms with E-state index in [4.69, 9.17) is 15.0 Å². The van der Waals surface area contributed by atoms with Gasteiger partial charge in [-0.2, -0.15) is 0 Å². The largest absolute Gasteiger partial charge is 0.319 e. The lowest BCUT2D eigenvalue weighted by Gasteiger charge is -2.39. The third-order valence-electron chi connectivity index (χ3n) is 11.6. The third-order valence-corrected chi connectivity index (χ3v) is 13.1. The number of benzene rings is 6. The van der Waals surface area contributed by atoms with Crippen LogP contribution in [-0.2, 0) is 9.98 Å². The first-order chi connectivity index (χ1) is 25.8. The normalized spacial score (nSPS) is 19.4. The summed E-state index contributed by atoms with van der Waals surface area (Å²) in [6.07, 6.45) is 5.02. The van der Waals surface area contributed by atoms with E-state index >= 15 is 0 Å². The van der Waals surface area contributed by atoms with E-state index in [1.54, 1.807) is 0 Å². The molecule has 2 aliphatic rings. The molecule has 4 nitrogen and oxygen atoms in total. The molecule has 5 heteroatoms. The maximum Gasteiger partial charge on any atom is 0.164 e. The first-order valence-corrected chi connectivity index (χ1v) is 21.3. The SMILES string of the molecule is CP(C)(=O)c1ccc(-c2cccc(C3(c4ccc(-c5nc(-c6ccccc6)nc(-c6cccc(-c7ccccc7)c6)n5)cc4)CC4CCC3C4)c2)cc1. The van der Waals surface area contributed by atoms with Crippen molar-refractivity contribution in [1.29, 1.82) is 0 Å². The van der Waals surface area contributed by atoms with Crippen molar-refractivity contribution >= 4 is 12.4 Å². The van der Waals surface area contributed by atoms with Gasteiger partial charge in [0.15, 0.2) is 17.5 Å². The minimum absolute atomic E-state index is 0.0444. The molecule has 0 saturated heterocycles. The Morgan fingerprint density at radius 3 is 1.60 bits per heavy atom. The zero-order chi connectivity index (χ0) is 36.0. The molecule has 9 rings (SSSR count). The van der Waals surface area contributed by atoms with Gasteiger partial charge in [-0.15, -0.1) is 0 Å². The summed E-state index contributed by atoms with van der Waals surface area (Å²) in [6, 6.07) is 55.6. The fourth-order valence-corrected chi connectivity index (χ4v) is 9.80. The van der Waals surface area contributed by atoms with Crippen LogP contribution in [0.1, 0.15) is 36.8 Å². The summed E-state index contributed by atoms with van der Waals surface area (Å²) in [6.45, 7) is 3.67. The third kappa shape index (κ3) is 6.36. The summed E-state index contributed by atoms with van der Waals surface area (Å²) in [4.78, 5) is 15.2. The Labute approximate surface area is 312 Å². The lowest BCUT2D eigenvalue weighted by atomic mass is 9.64. The predicted molar refractivity (Wildman–Crippen MR) is 219 cm³/mol. The van der Waals surface area contributed by atoms with Crippen molar-refractivity contribution in [2.24, 2.45) is 11.8 Å². The van der Waals surface area contributed by atoms with E-state index in [1.807, 2.05) is 49.7 Å². The maximum atomic E-state index is 12.7. The minimum atomic E-state index is -2.30. The number of nitrogens with zero attached hydrogens (tertiary/aromatic N) is 3. The average molecular weight is 708 g/mol. The summed E-state index contributed by atoms with van der Waals surface area (Å²) in [7, 11) is -2.30. The molecule has 0 spiro atoms. The Bertz CT molecular complexity index is 2460. The van der Waals surface area contributed by atoms with Crippen LogP contribution in [0.2, 0.25) is 0 Å². The van der Waals surface area contributed by atoms with Crippen LogP contribution in [0.4, 0.5) is 0 Å². The van der Waals surface area contributed by atoms with Crippen molar-refractivity contribution in [1.82, 2.24) is 15.0 Å². The number of hydrogen-bond acceptors (Lipinski definition) is 4. The van der Waals surface area contributed by atoms with Gasteiger partial charge in [0.2, 0.25) is 0 Å². The lowest BCUT2D eigenvalue weighted by molar-refractivity contribution is 0.320. The van der Waals surface area contributed by atoms with Gasteiger partial charge in [0, 0.05) is 27.4 Å². The standard InChI is InChI=1S/C48H42N3OP/c1-53(2,52)44-27-22-35(23-28-44)39-16-10-18-42(31-39)48(32-33-19-24-43(48)29-33)41-25-20-37(21-26-41)46-49-45(36-13-7-4-8-14-36)50-47(51-46)40-17-9-15-38(30-40)34-11-5-3-6-12-34/h3-18,20-23,25-28,30-31,33,43H,19,24,29,32H2,1-2H3. The molecule has 2 saturated carbocycles. The van der Waals surface area contributed by atoms with Gasteiger partial charge in [0.1, 0.15) is 7.14 Å². The van der Waals surface area contributed by atoms with Gasteiger partial charge in [-0.1, -0.05) is 158 Å². The van der Waals surface area contributed by atoms with Crippen LogP contribution in [0.15, 0.2) is 158 Å². The molecule has 53 heavy (non-hydrogen) atoms. The molecular formula is C48H42N3OP. The topological polar surface area (TPSA) is 55.7 Å². The molecule has 1 heterocycles. The first kappa shape index (κ1) is 33.4. The van der Waals surface area contributed by atoms with Crippen LogP contribution in [0.5, 0.6) is 0 Å². The van der Waals surface area contributed by atoms with Gasteiger partial charge in [0.05, 0.1) is 0 Å². The Balaban J connectivity index is 1.10. The number of rotatable bonds is 8. The number of fused-ring (bicyclic) bond motifs is 2. The fourth-order valence-electron chi connectivity index (χ4n) is 8.93. The summed E-state index contributed by atoms with van der Waals surface area (Å²) in [5.74, 6) is 3.34. The number of aromatic nitrogens is 3. The predicted octanol–water partition coefficient (Wildman–Crippen LogP) is 11.6. The smallest absolute Gasteiger partial charge is 0.164 e. The van der Waals surface area contributed by atoms with Gasteiger partial charge >= 0.3 is 0 Å². The molecule has 2 aliphatic carbocycles. The highest BCUT2D eigenvalue weighted by molar-refractivity contribution is 7.70. The van der Waals surface area contributed by atoms with E-state index in [9.17, 15) is 4.57 Å². The zero-order valence-corrected chi connectivity index (χ0v) is 31.1. The quantitative estimate of drug-likeness (QED) is 0.148. The summed E-state index contributed by atoms with van der Waals surface area (Å²) < 4.78 is 12.7. The Morgan fingerprint density at radius 2 is 1.00 bits per heavy atom. The highest BCUT2D eigenvalue weighted by Crippen LogP contribution is 2.60. The van der Waals surface area contributed by atoms with E-state index in [1.165, 1.54) is 42.4 Å². The molecule has 260 valence electrons. The summed E-state index contributed by atoms with van der Waals surface area (Å²) >= 11 is 0. The van der Waals surface area contributed by atoms with Crippen LogP contribution in [0.25, 0.3) is 56.4 Å². The average Bonchev–Trinajstić information content (AvgIpc) is 3.84. The molecular weight excluding hydrogens is 666 g/mol. The second-order valence-corrected chi connectivity index (χ2v) is 18.4. The Morgan fingerprint density at radius 1 is 0.491 bits per heavy atom. The van der Waals surface area contributed by atoms with Crippen molar-refractivity contribution in [2.75, 3.05) is 13.3 Å². The molecule has 3 atom stereocenters. The van der Waals surface area contributed by atoms with Gasteiger partial charge < -0.3 is 4.57 Å². The van der Waals surface area contributed by atoms with Crippen LogP contribution in [0.3, 0.4) is 0 Å². The molecule has 1 aromatic heterocycles. The van der Waals surface area contributed by atoms with Crippen LogP contribution >= 0.6 is 7.14 Å². The van der Waals surface area contributed by atoms with Crippen molar-refractivity contribution in [3.8, 4) is 56.4 Å². The van der Waals surface area contributed by atoms with E-state index in [-0.39, 0.29) is 5.41 Å². The Kier molecular flexibility index (Phi) is 8.52. The molecule has 0 radical (unpaired) electrons. The van der Waals surface area contributed by atoms with Crippen LogP contribution in [0, 0.1) is 11.8 Å². The highest BCUT2D eigenvalue weighted by atomic mass is 31.2. The lowest BCUT2D eigenvalue weighted by Crippen LogP contribution is -2.34. The van der Waals surface area contributed by atoms with Crippen molar-refractivity contribution in [2.45, 2.75) is 31.1 Å². The minimum Gasteiger partial charge on any atom is -0.319 e. The number of hydrogen-bond donors (Lipinski definition) is 0. The second kappa shape index (κ2) is 13.5. The monoisotopic (exact) mass is 707 g/mol. The van der Waals surface area contributed by atoms with Crippen molar-refractivity contribution in [3.05, 3.63) is 169 Å². The summed E-state index contributed by atoms with van der Waals surface area (Å²) in [5.41, 5.74) is 10.3. The first-order valence-electron chi connectivity index (χ1n) is 18.7. The van der Waals surface area contributed by atoms with Gasteiger partial charge in [-0.3, -0.25) is 0 Å². The zero-order valence-electron chi connectivity index (χ0n) is 30.2. The van der Waals surface area contributed by atoms with E-state index < -0.39 is 7.14 Å². The molecule has 6 aromatic carbocycles. The molecule has 2 fully saturated rings. The van der Waals surface area contributed by atoms with E-state index in [0.717, 1.165) is 44.6 Å². The fraction of sp³-hybridized carbons (Fsp3) is 0.188. The Hall–Kier alpha value is -5.44. The highest BCUT2D eigenvalue weighted by Gasteiger charge is 2.52. The molecule has 3 unspecified atom stereocenters.